The molecule has 1 saturated heterocycles. The van der Waals surface area contributed by atoms with Crippen molar-refractivity contribution in [3.63, 3.8) is 0 Å². The van der Waals surface area contributed by atoms with Gasteiger partial charge in [-0.3, -0.25) is 0 Å². The van der Waals surface area contributed by atoms with E-state index in [1.54, 1.807) is 13.0 Å². The molecule has 2 nitrogen and oxygen atoms in total. The van der Waals surface area contributed by atoms with Crippen LogP contribution in [0.1, 0.15) is 45.3 Å². The van der Waals surface area contributed by atoms with Crippen molar-refractivity contribution in [2.24, 2.45) is 5.92 Å². The average molecular weight is 251 g/mol. The van der Waals surface area contributed by atoms with Gasteiger partial charge in [0, 0.05) is 23.8 Å². The van der Waals surface area contributed by atoms with Crippen molar-refractivity contribution >= 4 is 5.69 Å². The lowest BCUT2D eigenvalue weighted by atomic mass is 10.00. The molecule has 0 saturated carbocycles. The molecule has 1 unspecified atom stereocenters. The summed E-state index contributed by atoms with van der Waals surface area (Å²) in [6.07, 6.45) is 1.71. The highest BCUT2D eigenvalue weighted by Gasteiger charge is 2.29. The van der Waals surface area contributed by atoms with Crippen LogP contribution < -0.4 is 4.90 Å². The molecule has 1 heterocycles. The summed E-state index contributed by atoms with van der Waals surface area (Å²) in [6, 6.07) is 5.23. The van der Waals surface area contributed by atoms with Crippen molar-refractivity contribution < 1.29 is 9.50 Å². The van der Waals surface area contributed by atoms with Crippen molar-refractivity contribution in [3.8, 4) is 0 Å². The average Bonchev–Trinajstić information content (AvgIpc) is 2.77. The molecular weight excluding hydrogens is 229 g/mol. The summed E-state index contributed by atoms with van der Waals surface area (Å²) in [5, 5.41) is 9.82. The van der Waals surface area contributed by atoms with Gasteiger partial charge in [0.1, 0.15) is 5.82 Å². The second-order valence-electron chi connectivity index (χ2n) is 5.53. The van der Waals surface area contributed by atoms with Gasteiger partial charge in [-0.05, 0) is 43.9 Å². The number of aliphatic hydroxyl groups excluding tert-OH is 1. The third-order valence-corrected chi connectivity index (χ3v) is 3.82. The van der Waals surface area contributed by atoms with E-state index in [9.17, 15) is 9.50 Å². The highest BCUT2D eigenvalue weighted by molar-refractivity contribution is 5.56. The minimum absolute atomic E-state index is 0.282. The van der Waals surface area contributed by atoms with E-state index in [2.05, 4.69) is 18.7 Å². The fourth-order valence-electron chi connectivity index (χ4n) is 2.91. The predicted molar refractivity (Wildman–Crippen MR) is 72.2 cm³/mol. The Balaban J connectivity index is 2.38. The Labute approximate surface area is 108 Å². The van der Waals surface area contributed by atoms with Gasteiger partial charge < -0.3 is 10.0 Å². The molecule has 3 heteroatoms. The van der Waals surface area contributed by atoms with E-state index in [1.165, 1.54) is 25.0 Å². The quantitative estimate of drug-likeness (QED) is 0.888. The Kier molecular flexibility index (Phi) is 3.91. The van der Waals surface area contributed by atoms with Crippen molar-refractivity contribution in [2.75, 3.05) is 11.4 Å². The van der Waals surface area contributed by atoms with E-state index in [-0.39, 0.29) is 5.82 Å². The maximum absolute atomic E-state index is 13.3. The third-order valence-electron chi connectivity index (χ3n) is 3.82. The number of halogens is 1. The maximum Gasteiger partial charge on any atom is 0.123 e. The van der Waals surface area contributed by atoms with Crippen LogP contribution in [0.25, 0.3) is 0 Å². The van der Waals surface area contributed by atoms with Crippen LogP contribution in [0.5, 0.6) is 0 Å². The topological polar surface area (TPSA) is 23.5 Å². The van der Waals surface area contributed by atoms with E-state index in [4.69, 9.17) is 0 Å². The third kappa shape index (κ3) is 2.51. The van der Waals surface area contributed by atoms with Gasteiger partial charge in [-0.2, -0.15) is 0 Å². The smallest absolute Gasteiger partial charge is 0.123 e. The van der Waals surface area contributed by atoms with Crippen LogP contribution in [0.2, 0.25) is 0 Å². The van der Waals surface area contributed by atoms with E-state index >= 15 is 0 Å². The lowest BCUT2D eigenvalue weighted by Crippen LogP contribution is -2.34. The van der Waals surface area contributed by atoms with E-state index < -0.39 is 6.10 Å². The molecule has 18 heavy (non-hydrogen) atoms. The second kappa shape index (κ2) is 5.27. The lowest BCUT2D eigenvalue weighted by molar-refractivity contribution is 0.199. The molecule has 1 aliphatic heterocycles. The van der Waals surface area contributed by atoms with E-state index in [1.807, 2.05) is 0 Å². The summed E-state index contributed by atoms with van der Waals surface area (Å²) in [5.74, 6) is 0.286. The van der Waals surface area contributed by atoms with Gasteiger partial charge in [-0.1, -0.05) is 13.8 Å². The van der Waals surface area contributed by atoms with E-state index in [0.717, 1.165) is 12.2 Å². The largest absolute Gasteiger partial charge is 0.389 e. The Hall–Kier alpha value is -1.09. The van der Waals surface area contributed by atoms with Crippen LogP contribution in [-0.2, 0) is 0 Å². The molecule has 0 amide bonds. The summed E-state index contributed by atoms with van der Waals surface area (Å²) in [6.45, 7) is 7.12. The first-order valence-electron chi connectivity index (χ1n) is 6.75. The summed E-state index contributed by atoms with van der Waals surface area (Å²) in [5.41, 5.74) is 1.69. The first kappa shape index (κ1) is 13.3. The number of rotatable bonds is 3. The standard InChI is InChI=1S/C15H22FNO/c1-10(2)14-5-4-8-17(14)15-7-6-12(16)9-13(15)11(3)18/h6-7,9-11,14,18H,4-5,8H2,1-3H3/t11-,14?/m1/s1. The number of hydrogen-bond acceptors (Lipinski definition) is 2. The summed E-state index contributed by atoms with van der Waals surface area (Å²) in [4.78, 5) is 2.33. The molecule has 100 valence electrons. The molecule has 1 N–H and O–H groups in total. The summed E-state index contributed by atoms with van der Waals surface area (Å²) < 4.78 is 13.3. The van der Waals surface area contributed by atoms with Crippen LogP contribution >= 0.6 is 0 Å². The Morgan fingerprint density at radius 3 is 2.67 bits per heavy atom. The van der Waals surface area contributed by atoms with Crippen molar-refractivity contribution in [2.45, 2.75) is 45.8 Å². The maximum atomic E-state index is 13.3. The van der Waals surface area contributed by atoms with Crippen molar-refractivity contribution in [1.29, 1.82) is 0 Å². The molecule has 1 aromatic carbocycles. The number of hydrogen-bond donors (Lipinski definition) is 1. The minimum atomic E-state index is -0.635. The van der Waals surface area contributed by atoms with Gasteiger partial charge in [0.15, 0.2) is 0 Å². The normalized spacial score (nSPS) is 21.7. The molecule has 1 aromatic rings. The summed E-state index contributed by atoms with van der Waals surface area (Å²) in [7, 11) is 0. The summed E-state index contributed by atoms with van der Waals surface area (Å²) >= 11 is 0. The van der Waals surface area contributed by atoms with Crippen molar-refractivity contribution in [1.82, 2.24) is 0 Å². The van der Waals surface area contributed by atoms with E-state index in [0.29, 0.717) is 17.5 Å². The molecule has 1 aliphatic rings. The number of anilines is 1. The van der Waals surface area contributed by atoms with Crippen LogP contribution in [0.4, 0.5) is 10.1 Å². The predicted octanol–water partition coefficient (Wildman–Crippen LogP) is 3.50. The molecule has 1 fully saturated rings. The highest BCUT2D eigenvalue weighted by Crippen LogP contribution is 2.34. The molecule has 0 spiro atoms. The molecule has 0 radical (unpaired) electrons. The van der Waals surface area contributed by atoms with Crippen LogP contribution in [0, 0.1) is 11.7 Å². The molecule has 0 aromatic heterocycles. The van der Waals surface area contributed by atoms with Gasteiger partial charge in [-0.15, -0.1) is 0 Å². The van der Waals surface area contributed by atoms with Gasteiger partial charge >= 0.3 is 0 Å². The number of nitrogens with zero attached hydrogens (tertiary/aromatic N) is 1. The fourth-order valence-corrected chi connectivity index (χ4v) is 2.91. The van der Waals surface area contributed by atoms with Gasteiger partial charge in [0.05, 0.1) is 6.10 Å². The van der Waals surface area contributed by atoms with Crippen LogP contribution in [0.15, 0.2) is 18.2 Å². The number of benzene rings is 1. The van der Waals surface area contributed by atoms with Gasteiger partial charge in [0.25, 0.3) is 0 Å². The van der Waals surface area contributed by atoms with Crippen LogP contribution in [0.3, 0.4) is 0 Å². The van der Waals surface area contributed by atoms with Crippen LogP contribution in [-0.4, -0.2) is 17.7 Å². The SMILES string of the molecule is CC(C)C1CCCN1c1ccc(F)cc1[C@@H](C)O. The monoisotopic (exact) mass is 251 g/mol. The zero-order valence-corrected chi connectivity index (χ0v) is 11.4. The minimum Gasteiger partial charge on any atom is -0.389 e. The lowest BCUT2D eigenvalue weighted by Gasteiger charge is -2.32. The number of aliphatic hydroxyl groups is 1. The fraction of sp³-hybridized carbons (Fsp3) is 0.600. The zero-order valence-electron chi connectivity index (χ0n) is 11.4. The van der Waals surface area contributed by atoms with Gasteiger partial charge in [-0.25, -0.2) is 4.39 Å². The molecular formula is C15H22FNO. The Morgan fingerprint density at radius 2 is 2.06 bits per heavy atom. The first-order chi connectivity index (χ1) is 8.50. The highest BCUT2D eigenvalue weighted by atomic mass is 19.1. The molecule has 2 rings (SSSR count). The zero-order chi connectivity index (χ0) is 13.3. The Morgan fingerprint density at radius 1 is 1.33 bits per heavy atom. The van der Waals surface area contributed by atoms with Gasteiger partial charge in [0.2, 0.25) is 0 Å². The molecule has 0 bridgehead atoms. The molecule has 0 aliphatic carbocycles. The first-order valence-corrected chi connectivity index (χ1v) is 6.75. The Bertz CT molecular complexity index is 417. The second-order valence-corrected chi connectivity index (χ2v) is 5.53. The van der Waals surface area contributed by atoms with Crippen molar-refractivity contribution in [3.05, 3.63) is 29.6 Å². The molecule has 2 atom stereocenters.